The molecule has 9 aliphatic rings. The van der Waals surface area contributed by atoms with E-state index in [0.717, 1.165) is 44.9 Å². The average Bonchev–Trinajstić information content (AvgIpc) is 1.59. The van der Waals surface area contributed by atoms with Crippen LogP contribution in [-0.4, -0.2) is 302 Å². The first-order valence-corrected chi connectivity index (χ1v) is 59.7. The van der Waals surface area contributed by atoms with Crippen LogP contribution in [0, 0.1) is 13.8 Å². The van der Waals surface area contributed by atoms with E-state index < -0.39 is 250 Å². The van der Waals surface area contributed by atoms with Crippen molar-refractivity contribution < 1.29 is 144 Å². The van der Waals surface area contributed by atoms with Crippen LogP contribution in [0.25, 0.3) is 67.0 Å². The van der Waals surface area contributed by atoms with E-state index in [0.29, 0.717) is 6.42 Å². The van der Waals surface area contributed by atoms with Gasteiger partial charge >= 0.3 is 46.4 Å². The summed E-state index contributed by atoms with van der Waals surface area (Å²) < 4.78 is 195. The summed E-state index contributed by atoms with van der Waals surface area (Å²) in [6.45, 7) is -24.5. The molecule has 9 fully saturated rings. The maximum absolute atomic E-state index is 16.3. The number of carbonyl (C=O) groups is 1. The highest BCUT2D eigenvalue weighted by Crippen LogP contribution is 2.62. The molecule has 30 atom stereocenters. The van der Waals surface area contributed by atoms with Crippen LogP contribution in [0.4, 0.5) is 41.0 Å². The number of nitrogens with zero attached hydrogens (tertiary/aromatic N) is 21. The van der Waals surface area contributed by atoms with Crippen molar-refractivity contribution in [2.24, 2.45) is 0 Å². The van der Waals surface area contributed by atoms with Gasteiger partial charge in [0.25, 0.3) is 16.7 Å². The van der Waals surface area contributed by atoms with Crippen molar-refractivity contribution in [2.45, 2.75) is 220 Å². The number of rotatable bonds is 15. The van der Waals surface area contributed by atoms with Crippen LogP contribution in [0.3, 0.4) is 0 Å². The summed E-state index contributed by atoms with van der Waals surface area (Å²) in [4.78, 5) is 175. The molecule has 17 N–H and O–H groups in total. The zero-order valence-corrected chi connectivity index (χ0v) is 85.7. The number of carbonyl (C=O) groups excluding carboxylic acids is 1. The lowest BCUT2D eigenvalue weighted by atomic mass is 10.1. The zero-order chi connectivity index (χ0) is 103. The number of thiol groups is 1. The first kappa shape index (κ1) is 106. The fraction of sp³-hybridized carbons (Fsp3) is 0.569. The van der Waals surface area contributed by atoms with E-state index in [1.807, 2.05) is 0 Å². The summed E-state index contributed by atoms with van der Waals surface area (Å²) in [6.07, 6.45) is -19.2. The number of ether oxygens (including phenoxy) is 7. The second kappa shape index (κ2) is 42.5. The highest BCUT2D eigenvalue weighted by atomic mass is 32.7. The summed E-state index contributed by atoms with van der Waals surface area (Å²) >= 11 is 30.3. The average molecular weight is 2280 g/mol. The Balaban J connectivity index is 0.000000139. The van der Waals surface area contributed by atoms with Gasteiger partial charge in [-0.1, -0.05) is 57.7 Å². The number of halogens is 4. The predicted octanol–water partition coefficient (Wildman–Crippen LogP) is 3.55. The molecule has 0 amide bonds. The van der Waals surface area contributed by atoms with Gasteiger partial charge < -0.3 is 118 Å². The Morgan fingerprint density at radius 3 is 1.16 bits per heavy atom. The summed E-state index contributed by atoms with van der Waals surface area (Å²) in [5, 5.41) is 11.2. The molecule has 0 aromatic carbocycles. The monoisotopic (exact) mass is 2280 g/mol. The quantitative estimate of drug-likeness (QED) is 0.0229. The molecule has 21 rings (SSSR count). The van der Waals surface area contributed by atoms with E-state index in [1.165, 1.54) is 84.9 Å². The molecule has 0 radical (unpaired) electrons. The Bertz CT molecular complexity index is 7190. The smallest absolute Gasteiger partial charge is 0.386 e. The van der Waals surface area contributed by atoms with E-state index in [9.17, 15) is 53.3 Å². The standard InChI is InChI=1S/C30H41FN10O11P2S2.C21H23F2N9O9P2S2.C21H24FN9O10P2S2/c1-2-3-4-5-6-7-8-9-17(42)50-22-16-11-47-53(44,55)51-21-15(48-28(18(21)31)40-13-36-19-24(32)34-12-35-25(19)40)10-46-54(45,56)52-23(22)29(49-16)41-14-37-20-26(41)38-30(33)39-27(20)43;1-7-29-18-13(19(33)30-7)28-6-32(18)21-15-10(22)8(38-21)2-36-42(34,44)40-14-9(3-37-43(35,45)41-15)39-20(11(14)23)31-5-27-12-16(24)25-4-26-17(12)31;1-7-28-18-12(19(33)29-7)27-6-31(18)21-15-13(32)8(38-21)2-36-42(34,44)40-14-9(3-37-43(35,45)41-15)39-20(10(14)22)30-5-26-11-16(23)24-4-25-17(11)30/h12-16,18,21-23,28-29H,2-11H2,1H3,(H,44,55)(H,45,56)(H2,32,34,35)(H3,33,38,39,43);4-6,8-11,14-15,20-21H,2-3H2,1H3,(H,34,44)(H,35,45)(H2,24,25,26)(H,29,30,33);4-6,8-10,13-15,20-21,32H,2-3H2,1H3,(H,34,44)(H,35,45)(H2,23,24,25)(H,28,29,33)/t15-,16-,18-,21-,22-,23-,28-,29-,53?,54?;8-,9-,10-,11-,14-,15-,20-,21-,42?,43?;8-,9-,10-,13-,14-,15-,20-,21-,42?,43?/m111/s1. The van der Waals surface area contributed by atoms with Crippen LogP contribution in [0.15, 0.2) is 71.3 Å². The molecule has 0 aliphatic carbocycles. The number of aliphatic hydroxyl groups excluding tert-OH is 1. The summed E-state index contributed by atoms with van der Waals surface area (Å²) in [6, 6.07) is 0. The third-order valence-corrected chi connectivity index (χ3v) is 33.6. The Labute approximate surface area is 845 Å². The number of aromatic amines is 3. The highest BCUT2D eigenvalue weighted by Gasteiger charge is 2.60. The fourth-order valence-electron chi connectivity index (χ4n) is 17.5. The van der Waals surface area contributed by atoms with E-state index in [1.54, 1.807) is 6.92 Å². The number of alkyl halides is 4. The van der Waals surface area contributed by atoms with Gasteiger partial charge in [-0.2, -0.15) is 4.98 Å². The van der Waals surface area contributed by atoms with E-state index in [4.69, 9.17) is 169 Å². The number of unbranched alkanes of at least 4 members (excludes halogenated alkanes) is 6. The number of aliphatic hydroxyl groups is 1. The van der Waals surface area contributed by atoms with Gasteiger partial charge in [0.15, 0.2) is 142 Å². The van der Waals surface area contributed by atoms with Crippen molar-refractivity contribution >= 4 is 208 Å². The van der Waals surface area contributed by atoms with Gasteiger partial charge in [0.2, 0.25) is 5.95 Å². The number of aromatic nitrogens is 24. The first-order valence-electron chi connectivity index (χ1n) is 44.1. The molecule has 0 spiro atoms. The largest absolute Gasteiger partial charge is 0.456 e. The SMILES string of the molecule is CCCCCCCCCC(=O)O[C@H]1[C@H]2OP(O)(=S)OC[C@H]3O[C@@H](n4cnc5c(N)ncnc54)[C@H](F)[C@@H]3OP(O)(=S)OC[C@H]1O[C@H]2n1cnc2c(=O)[nH]c(N)nc21.Cc1nc2c(ncn2[C@@H]2O[C@@H]3COP(O)(=S)O[C@H]4[C@@H](F)[C@H](n5cnc6c(N)ncnc65)O[C@@H]4COP(=O)(S)O[C@@H]2[C@@H]3F)c(=O)[nH]1.Cc1nc2c(ncn2[C@@H]2O[C@@H]3COP(O)(=S)O[C@H]4[C@@H](F)[C@H](n5cnc6c(N)ncnc65)O[C@@H]4COP(O)(=S)O[C@@H]2[C@@H]3O)c(=O)[nH]1. The fourth-order valence-corrected chi connectivity index (χ4v) is 26.1. The van der Waals surface area contributed by atoms with Crippen LogP contribution in [-0.2, 0) is 156 Å². The van der Waals surface area contributed by atoms with Crippen LogP contribution in [0.2, 0.25) is 0 Å². The molecule has 58 nitrogen and oxygen atoms in total. The lowest BCUT2D eigenvalue weighted by molar-refractivity contribution is -0.156. The van der Waals surface area contributed by atoms with Gasteiger partial charge in [0.1, 0.15) is 120 Å². The molecule has 6 unspecified atom stereocenters. The number of H-pyrrole nitrogens is 3. The summed E-state index contributed by atoms with van der Waals surface area (Å²) in [5.74, 6) is -0.187. The lowest BCUT2D eigenvalue weighted by Gasteiger charge is -2.28. The van der Waals surface area contributed by atoms with Gasteiger partial charge in [-0.3, -0.25) is 83.2 Å². The van der Waals surface area contributed by atoms with Crippen LogP contribution < -0.4 is 39.6 Å². The van der Waals surface area contributed by atoms with Gasteiger partial charge in [-0.25, -0.2) is 91.9 Å². The van der Waals surface area contributed by atoms with Crippen molar-refractivity contribution in [3.63, 3.8) is 0 Å². The van der Waals surface area contributed by atoms with Crippen LogP contribution >= 0.6 is 52.6 Å². The number of nitrogens with two attached hydrogens (primary N) is 4. The van der Waals surface area contributed by atoms with Crippen LogP contribution in [0.5, 0.6) is 0 Å². The number of hydrogen-bond donors (Lipinski definition) is 14. The van der Waals surface area contributed by atoms with E-state index in [-0.39, 0.29) is 108 Å². The van der Waals surface area contributed by atoms with Crippen molar-refractivity contribution in [3.8, 4) is 0 Å². The molecule has 146 heavy (non-hydrogen) atoms. The number of anilines is 4. The molecular formula is C72H88F4N28O30P6S6. The molecule has 9 saturated heterocycles. The van der Waals surface area contributed by atoms with Crippen molar-refractivity contribution in [2.75, 3.05) is 62.6 Å². The van der Waals surface area contributed by atoms with Gasteiger partial charge in [-0.15, -0.1) is 0 Å². The number of imidazole rings is 6. The first-order chi connectivity index (χ1) is 69.4. The molecule has 790 valence electrons. The topological polar surface area (TPSA) is 756 Å². The molecule has 21 heterocycles. The molecule has 12 aromatic rings. The Kier molecular flexibility index (Phi) is 31.0. The Morgan fingerprint density at radius 2 is 0.726 bits per heavy atom. The molecular weight excluding hydrogens is 2190 g/mol. The molecule has 6 bridgehead atoms. The molecule has 74 heteroatoms. The lowest BCUT2D eigenvalue weighted by Crippen LogP contribution is -2.39. The number of fused-ring (bicyclic) bond motifs is 15. The normalized spacial score (nSPS) is 35.7. The number of aryl methyl sites for hydroxylation is 2. The highest BCUT2D eigenvalue weighted by molar-refractivity contribution is 8.44. The van der Waals surface area contributed by atoms with Crippen LogP contribution in [0.1, 0.15) is 107 Å². The number of nitrogen functional groups attached to an aromatic ring is 4. The number of hydrogen-bond acceptors (Lipinski definition) is 49. The number of esters is 1. The molecule has 0 saturated carbocycles. The van der Waals surface area contributed by atoms with Gasteiger partial charge in [0, 0.05) is 6.42 Å². The third kappa shape index (κ3) is 22.1. The third-order valence-electron chi connectivity index (χ3n) is 24.2. The Hall–Kier alpha value is -8.04. The predicted molar refractivity (Wildman–Crippen MR) is 513 cm³/mol. The maximum atomic E-state index is 16.3. The van der Waals surface area contributed by atoms with Gasteiger partial charge in [-0.05, 0) is 79.3 Å². The number of nitrogens with one attached hydrogen (secondary N) is 3. The molecule has 12 aromatic heterocycles. The minimum atomic E-state index is -4.46. The van der Waals surface area contributed by atoms with E-state index >= 15 is 17.6 Å². The second-order valence-corrected chi connectivity index (χ2v) is 50.8. The Morgan fingerprint density at radius 1 is 0.404 bits per heavy atom. The minimum absolute atomic E-state index is 0.0231. The minimum Gasteiger partial charge on any atom is -0.456 e. The second-order valence-electron chi connectivity index (χ2n) is 34.0. The van der Waals surface area contributed by atoms with Crippen molar-refractivity contribution in [1.82, 2.24) is 117 Å². The summed E-state index contributed by atoms with van der Waals surface area (Å²) in [5.41, 5.74) is 22.6. The maximum Gasteiger partial charge on any atom is 0.386 e. The van der Waals surface area contributed by atoms with Gasteiger partial charge in [0.05, 0.1) is 77.6 Å². The molecule has 9 aliphatic heterocycles. The van der Waals surface area contributed by atoms with Crippen molar-refractivity contribution in [1.29, 1.82) is 0 Å². The van der Waals surface area contributed by atoms with Crippen molar-refractivity contribution in [3.05, 3.63) is 99.7 Å². The zero-order valence-electron chi connectivity index (χ0n) is 75.3. The summed E-state index contributed by atoms with van der Waals surface area (Å²) in [7, 11) is 0. The van der Waals surface area contributed by atoms with E-state index in [2.05, 4.69) is 109 Å².